The normalized spacial score (nSPS) is 26.2. The van der Waals surface area contributed by atoms with Gasteiger partial charge < -0.3 is 9.90 Å². The molecular weight excluding hydrogens is 468 g/mol. The minimum atomic E-state index is -3.75. The second-order valence-corrected chi connectivity index (χ2v) is 11.4. The van der Waals surface area contributed by atoms with Crippen molar-refractivity contribution in [2.45, 2.75) is 24.6 Å². The highest BCUT2D eigenvalue weighted by Gasteiger charge is 2.62. The number of fused-ring (bicyclic) bond motifs is 1. The highest BCUT2D eigenvalue weighted by Crippen LogP contribution is 2.51. The van der Waals surface area contributed by atoms with Crippen molar-refractivity contribution in [2.75, 3.05) is 5.75 Å². The summed E-state index contributed by atoms with van der Waals surface area (Å²) in [6.07, 6.45) is 3.04. The van der Waals surface area contributed by atoms with Gasteiger partial charge in [-0.1, -0.05) is 36.4 Å². The first-order valence-electron chi connectivity index (χ1n) is 11.4. The number of nitrogens with zero attached hydrogens (tertiary/aromatic N) is 4. The summed E-state index contributed by atoms with van der Waals surface area (Å²) in [4.78, 5) is 25.9. The Morgan fingerprint density at radius 2 is 1.63 bits per heavy atom. The van der Waals surface area contributed by atoms with Crippen LogP contribution in [0.4, 0.5) is 11.4 Å². The molecule has 0 radical (unpaired) electrons. The zero-order chi connectivity index (χ0) is 24.4. The summed E-state index contributed by atoms with van der Waals surface area (Å²) < 4.78 is 26.1. The van der Waals surface area contributed by atoms with E-state index in [2.05, 4.69) is 5.10 Å². The SMILES string of the molecule is O=C([O-])C1=C(CC2=N[N+](c3ccccc3)(c3ccccc3)N=C2)CS(=O)(=O)[C@H]2C(C3CC3)C(=O)N12. The number of carbonyl (C=O) groups excluding carboxylic acids is 2. The van der Waals surface area contributed by atoms with Crippen molar-refractivity contribution in [2.24, 2.45) is 22.0 Å². The van der Waals surface area contributed by atoms with Crippen molar-refractivity contribution in [3.63, 3.8) is 0 Å². The van der Waals surface area contributed by atoms with E-state index in [1.165, 1.54) is 6.21 Å². The standard InChI is InChI=1S/C25H22N4O5S/c30-23-21(16-11-12-16)24-28(23)22(25(31)32)17(15-35(24,33)34)13-18-14-26-29(27-18,19-7-3-1-4-8-19)20-9-5-2-6-10-20/h1-10,14,16,21,24H,11-13,15H2/t21?,24-/m0/s1. The van der Waals surface area contributed by atoms with Gasteiger partial charge in [-0.3, -0.25) is 9.69 Å². The number of rotatable bonds is 6. The maximum Gasteiger partial charge on any atom is 0.234 e. The smallest absolute Gasteiger partial charge is 0.234 e. The topological polar surface area (TPSA) is 119 Å². The summed E-state index contributed by atoms with van der Waals surface area (Å²) in [5, 5.41) is 20.5. The third-order valence-corrected chi connectivity index (χ3v) is 8.99. The summed E-state index contributed by atoms with van der Waals surface area (Å²) in [5.74, 6) is -3.08. The van der Waals surface area contributed by atoms with E-state index in [4.69, 9.17) is 5.10 Å². The molecule has 178 valence electrons. The number of sulfone groups is 1. The molecule has 3 aliphatic heterocycles. The molecule has 1 saturated heterocycles. The van der Waals surface area contributed by atoms with E-state index >= 15 is 0 Å². The number of carboxylic acids is 1. The molecule has 1 amide bonds. The summed E-state index contributed by atoms with van der Waals surface area (Å²) in [7, 11) is -3.75. The number of carboxylic acid groups (broad SMARTS) is 1. The number of amides is 1. The van der Waals surface area contributed by atoms with Crippen LogP contribution in [0.15, 0.2) is 82.1 Å². The van der Waals surface area contributed by atoms with Crippen molar-refractivity contribution in [1.29, 1.82) is 0 Å². The Labute approximate surface area is 202 Å². The molecule has 1 unspecified atom stereocenters. The summed E-state index contributed by atoms with van der Waals surface area (Å²) >= 11 is 0. The van der Waals surface area contributed by atoms with E-state index < -0.39 is 38.8 Å². The van der Waals surface area contributed by atoms with Crippen LogP contribution in [0.5, 0.6) is 0 Å². The van der Waals surface area contributed by atoms with Crippen LogP contribution < -0.4 is 9.81 Å². The van der Waals surface area contributed by atoms with Gasteiger partial charge in [0.2, 0.25) is 5.91 Å². The van der Waals surface area contributed by atoms with Gasteiger partial charge in [0.1, 0.15) is 11.9 Å². The Balaban J connectivity index is 1.41. The maximum atomic E-state index is 13.1. The average Bonchev–Trinajstić information content (AvgIpc) is 3.58. The lowest BCUT2D eigenvalue weighted by Crippen LogP contribution is -2.68. The summed E-state index contributed by atoms with van der Waals surface area (Å²) in [6.45, 7) is 0. The van der Waals surface area contributed by atoms with Crippen molar-refractivity contribution in [3.05, 3.63) is 71.9 Å². The number of quaternary nitrogens is 1. The molecule has 10 heteroatoms. The molecule has 2 fully saturated rings. The van der Waals surface area contributed by atoms with E-state index in [1.54, 1.807) is 0 Å². The molecule has 3 heterocycles. The number of carbonyl (C=O) groups is 2. The van der Waals surface area contributed by atoms with Gasteiger partial charge in [-0.2, -0.15) is 0 Å². The lowest BCUT2D eigenvalue weighted by Gasteiger charge is -2.50. The van der Waals surface area contributed by atoms with Crippen LogP contribution in [-0.4, -0.2) is 48.2 Å². The molecule has 2 aromatic rings. The number of hydrogen-bond donors (Lipinski definition) is 0. The highest BCUT2D eigenvalue weighted by molar-refractivity contribution is 7.92. The molecule has 1 aliphatic carbocycles. The van der Waals surface area contributed by atoms with Crippen molar-refractivity contribution in [1.82, 2.24) is 9.60 Å². The first-order valence-corrected chi connectivity index (χ1v) is 13.2. The van der Waals surface area contributed by atoms with Crippen LogP contribution in [0.3, 0.4) is 0 Å². The molecule has 4 aliphatic rings. The molecule has 2 atom stereocenters. The molecule has 0 spiro atoms. The van der Waals surface area contributed by atoms with Crippen LogP contribution in [-0.2, 0) is 19.4 Å². The van der Waals surface area contributed by atoms with Crippen LogP contribution in [0.2, 0.25) is 0 Å². The second-order valence-electron chi connectivity index (χ2n) is 9.29. The third kappa shape index (κ3) is 3.35. The maximum absolute atomic E-state index is 13.1. The molecule has 0 aromatic heterocycles. The van der Waals surface area contributed by atoms with Crippen molar-refractivity contribution < 1.29 is 23.1 Å². The second kappa shape index (κ2) is 7.69. The van der Waals surface area contributed by atoms with Crippen LogP contribution in [0.1, 0.15) is 19.3 Å². The first-order chi connectivity index (χ1) is 16.8. The van der Waals surface area contributed by atoms with Gasteiger partial charge in [0, 0.05) is 30.7 Å². The highest BCUT2D eigenvalue weighted by atomic mass is 32.2. The lowest BCUT2D eigenvalue weighted by molar-refractivity contribution is -0.301. The van der Waals surface area contributed by atoms with Gasteiger partial charge in [-0.15, -0.1) is 0 Å². The van der Waals surface area contributed by atoms with Gasteiger partial charge in [-0.25, -0.2) is 8.42 Å². The quantitative estimate of drug-likeness (QED) is 0.451. The Morgan fingerprint density at radius 1 is 1.03 bits per heavy atom. The predicted octanol–water partition coefficient (Wildman–Crippen LogP) is 1.70. The van der Waals surface area contributed by atoms with E-state index in [1.807, 2.05) is 60.7 Å². The minimum absolute atomic E-state index is 0.0177. The fourth-order valence-corrected chi connectivity index (χ4v) is 7.51. The predicted molar refractivity (Wildman–Crippen MR) is 128 cm³/mol. The van der Waals surface area contributed by atoms with Crippen LogP contribution >= 0.6 is 0 Å². The van der Waals surface area contributed by atoms with Gasteiger partial charge in [-0.05, 0) is 39.2 Å². The average molecular weight is 491 g/mol. The zero-order valence-electron chi connectivity index (χ0n) is 18.6. The fraction of sp³-hybridized carbons (Fsp3) is 0.280. The summed E-state index contributed by atoms with van der Waals surface area (Å²) in [6, 6.07) is 18.8. The van der Waals surface area contributed by atoms with Crippen LogP contribution in [0.25, 0.3) is 0 Å². The summed E-state index contributed by atoms with van der Waals surface area (Å²) in [5.41, 5.74) is 1.69. The van der Waals surface area contributed by atoms with Gasteiger partial charge >= 0.3 is 0 Å². The molecule has 0 N–H and O–H groups in total. The van der Waals surface area contributed by atoms with Crippen molar-refractivity contribution in [3.8, 4) is 0 Å². The Bertz CT molecular complexity index is 1390. The Hall–Kier alpha value is -3.63. The monoisotopic (exact) mass is 490 g/mol. The van der Waals surface area contributed by atoms with E-state index in [0.29, 0.717) is 5.71 Å². The number of aliphatic carboxylic acids is 1. The Morgan fingerprint density at radius 3 is 2.17 bits per heavy atom. The third-order valence-electron chi connectivity index (χ3n) is 7.00. The first kappa shape index (κ1) is 21.9. The molecular formula is C25H22N4O5S. The number of para-hydroxylation sites is 2. The largest absolute Gasteiger partial charge is 0.543 e. The van der Waals surface area contributed by atoms with Gasteiger partial charge in [0.15, 0.2) is 26.6 Å². The lowest BCUT2D eigenvalue weighted by atomic mass is 9.90. The minimum Gasteiger partial charge on any atom is -0.543 e. The molecule has 2 aromatic carbocycles. The van der Waals surface area contributed by atoms with Gasteiger partial charge in [0.25, 0.3) is 0 Å². The van der Waals surface area contributed by atoms with E-state index in [0.717, 1.165) is 29.1 Å². The molecule has 1 saturated carbocycles. The van der Waals surface area contributed by atoms with Crippen LogP contribution in [0, 0.1) is 11.8 Å². The fourth-order valence-electron chi connectivity index (χ4n) is 5.30. The van der Waals surface area contributed by atoms with E-state index in [9.17, 15) is 23.1 Å². The van der Waals surface area contributed by atoms with Gasteiger partial charge in [0.05, 0.1) is 23.3 Å². The van der Waals surface area contributed by atoms with E-state index in [-0.39, 0.29) is 28.3 Å². The molecule has 9 nitrogen and oxygen atoms in total. The number of hydrogen-bond acceptors (Lipinski definition) is 7. The molecule has 6 rings (SSSR count). The Kier molecular flexibility index (Phi) is 4.81. The molecule has 35 heavy (non-hydrogen) atoms. The van der Waals surface area contributed by atoms with Crippen molar-refractivity contribution >= 4 is 45.0 Å². The molecule has 0 bridgehead atoms. The number of β-lactam (4-membered cyclic amide) rings is 1. The number of benzene rings is 2. The zero-order valence-corrected chi connectivity index (χ0v) is 19.5.